The molecule has 0 atom stereocenters. The number of anilines is 1. The highest BCUT2D eigenvalue weighted by atomic mass is 35.5. The molecule has 0 unspecified atom stereocenters. The summed E-state index contributed by atoms with van der Waals surface area (Å²) in [5, 5.41) is 11.5. The third-order valence-electron chi connectivity index (χ3n) is 4.80. The van der Waals surface area contributed by atoms with Crippen LogP contribution < -0.4 is 10.6 Å². The summed E-state index contributed by atoms with van der Waals surface area (Å²) in [6.45, 7) is 4.39. The Balaban J connectivity index is 1.49. The van der Waals surface area contributed by atoms with Gasteiger partial charge in [-0.1, -0.05) is 29.8 Å². The molecule has 4 rings (SSSR count). The van der Waals surface area contributed by atoms with Gasteiger partial charge in [-0.25, -0.2) is 0 Å². The maximum absolute atomic E-state index is 12.6. The van der Waals surface area contributed by atoms with Crippen molar-refractivity contribution in [3.05, 3.63) is 81.5 Å². The van der Waals surface area contributed by atoms with Crippen molar-refractivity contribution in [3.8, 4) is 0 Å². The van der Waals surface area contributed by atoms with Crippen LogP contribution in [0.15, 0.2) is 48.5 Å². The number of amides is 1. The van der Waals surface area contributed by atoms with Crippen molar-refractivity contribution in [1.29, 1.82) is 0 Å². The lowest BCUT2D eigenvalue weighted by atomic mass is 9.98. The van der Waals surface area contributed by atoms with E-state index in [1.54, 1.807) is 0 Å². The lowest BCUT2D eigenvalue weighted by Crippen LogP contribution is -2.24. The molecule has 0 saturated carbocycles. The predicted molar refractivity (Wildman–Crippen MR) is 107 cm³/mol. The zero-order valence-corrected chi connectivity index (χ0v) is 15.9. The third-order valence-corrected chi connectivity index (χ3v) is 5.03. The summed E-state index contributed by atoms with van der Waals surface area (Å²) >= 11 is 6.05. The van der Waals surface area contributed by atoms with Crippen LogP contribution in [0.2, 0.25) is 5.02 Å². The number of aryl methyl sites for hydroxylation is 1. The summed E-state index contributed by atoms with van der Waals surface area (Å²) in [5.41, 5.74) is 5.21. The summed E-state index contributed by atoms with van der Waals surface area (Å²) in [6, 6.07) is 15.5. The molecule has 0 bridgehead atoms. The molecule has 5 nitrogen and oxygen atoms in total. The summed E-state index contributed by atoms with van der Waals surface area (Å²) < 4.78 is 1.86. The van der Waals surface area contributed by atoms with Gasteiger partial charge in [-0.3, -0.25) is 9.48 Å². The summed E-state index contributed by atoms with van der Waals surface area (Å²) in [4.78, 5) is 12.6. The van der Waals surface area contributed by atoms with Crippen LogP contribution in [0.5, 0.6) is 0 Å². The minimum Gasteiger partial charge on any atom is -0.312 e. The molecule has 0 spiro atoms. The number of benzene rings is 2. The number of nitrogens with one attached hydrogen (secondary N) is 2. The molecule has 27 heavy (non-hydrogen) atoms. The minimum atomic E-state index is -0.135. The molecule has 0 radical (unpaired) electrons. The summed E-state index contributed by atoms with van der Waals surface area (Å²) in [5.74, 6) is 0.419. The van der Waals surface area contributed by atoms with Crippen LogP contribution in [0.3, 0.4) is 0 Å². The molecule has 6 heteroatoms. The number of nitrogens with zero attached hydrogens (tertiary/aromatic N) is 2. The van der Waals surface area contributed by atoms with Crippen molar-refractivity contribution in [1.82, 2.24) is 15.1 Å². The molecule has 1 aromatic heterocycles. The van der Waals surface area contributed by atoms with E-state index in [9.17, 15) is 4.79 Å². The first kappa shape index (κ1) is 17.8. The average Bonchev–Trinajstić information content (AvgIpc) is 3.00. The Morgan fingerprint density at radius 2 is 2.11 bits per heavy atom. The van der Waals surface area contributed by atoms with Gasteiger partial charge in [-0.05, 0) is 60.8 Å². The molecular weight excluding hydrogens is 360 g/mol. The number of halogens is 1. The Morgan fingerprint density at radius 3 is 2.96 bits per heavy atom. The van der Waals surface area contributed by atoms with Crippen molar-refractivity contribution in [2.24, 2.45) is 0 Å². The number of carbonyl (C=O) groups excluding carboxylic acids is 1. The van der Waals surface area contributed by atoms with Gasteiger partial charge >= 0.3 is 0 Å². The molecule has 3 aromatic rings. The molecule has 0 aliphatic carbocycles. The zero-order valence-electron chi connectivity index (χ0n) is 15.1. The lowest BCUT2D eigenvalue weighted by molar-refractivity contribution is 0.102. The van der Waals surface area contributed by atoms with Crippen LogP contribution in [-0.2, 0) is 19.5 Å². The van der Waals surface area contributed by atoms with E-state index in [-0.39, 0.29) is 5.91 Å². The highest BCUT2D eigenvalue weighted by Gasteiger charge is 2.14. The smallest absolute Gasteiger partial charge is 0.256 e. The van der Waals surface area contributed by atoms with Gasteiger partial charge in [-0.2, -0.15) is 5.10 Å². The topological polar surface area (TPSA) is 59.0 Å². The van der Waals surface area contributed by atoms with Crippen LogP contribution in [-0.4, -0.2) is 22.2 Å². The predicted octanol–water partition coefficient (Wildman–Crippen LogP) is 3.79. The van der Waals surface area contributed by atoms with E-state index < -0.39 is 0 Å². The van der Waals surface area contributed by atoms with Gasteiger partial charge in [0, 0.05) is 28.9 Å². The third kappa shape index (κ3) is 4.04. The van der Waals surface area contributed by atoms with Crippen LogP contribution in [0.25, 0.3) is 0 Å². The number of aromatic nitrogens is 2. The van der Waals surface area contributed by atoms with E-state index in [4.69, 9.17) is 11.6 Å². The molecular formula is C21H21ClN4O. The van der Waals surface area contributed by atoms with Crippen molar-refractivity contribution < 1.29 is 4.79 Å². The van der Waals surface area contributed by atoms with E-state index in [2.05, 4.69) is 15.7 Å². The molecule has 1 aliphatic rings. The van der Waals surface area contributed by atoms with Crippen LogP contribution in [0, 0.1) is 6.92 Å². The SMILES string of the molecule is Cc1cc(NC(=O)c2ccc3c(c2)CCNC3)nn1Cc1cccc(Cl)c1. The van der Waals surface area contributed by atoms with Gasteiger partial charge < -0.3 is 10.6 Å². The van der Waals surface area contributed by atoms with Gasteiger partial charge in [0.25, 0.3) is 5.91 Å². The second-order valence-corrected chi connectivity index (χ2v) is 7.26. The van der Waals surface area contributed by atoms with Gasteiger partial charge in [0.15, 0.2) is 5.82 Å². The first-order valence-electron chi connectivity index (χ1n) is 9.01. The normalized spacial score (nSPS) is 13.3. The fraction of sp³-hybridized carbons (Fsp3) is 0.238. The first-order chi connectivity index (χ1) is 13.1. The van der Waals surface area contributed by atoms with Crippen LogP contribution in [0.1, 0.15) is 32.7 Å². The standard InChI is InChI=1S/C21H21ClN4O/c1-14-9-20(25-26(14)13-15-3-2-4-19(22)10-15)24-21(27)17-5-6-18-12-23-8-7-16(18)11-17/h2-6,9-11,23H,7-8,12-13H2,1H3,(H,24,25,27). The van der Waals surface area contributed by atoms with Crippen molar-refractivity contribution >= 4 is 23.3 Å². The monoisotopic (exact) mass is 380 g/mol. The number of rotatable bonds is 4. The van der Waals surface area contributed by atoms with Crippen molar-refractivity contribution in [2.45, 2.75) is 26.4 Å². The maximum atomic E-state index is 12.6. The second kappa shape index (κ2) is 7.55. The van der Waals surface area contributed by atoms with Crippen LogP contribution in [0.4, 0.5) is 5.82 Å². The average molecular weight is 381 g/mol. The maximum Gasteiger partial charge on any atom is 0.256 e. The highest BCUT2D eigenvalue weighted by molar-refractivity contribution is 6.30. The molecule has 1 aliphatic heterocycles. The van der Waals surface area contributed by atoms with Gasteiger partial charge in [0.05, 0.1) is 6.54 Å². The lowest BCUT2D eigenvalue weighted by Gasteiger charge is -2.17. The molecule has 1 amide bonds. The van der Waals surface area contributed by atoms with E-state index in [1.807, 2.05) is 60.1 Å². The summed E-state index contributed by atoms with van der Waals surface area (Å²) in [7, 11) is 0. The summed E-state index contributed by atoms with van der Waals surface area (Å²) in [6.07, 6.45) is 0.948. The number of fused-ring (bicyclic) bond motifs is 1. The van der Waals surface area contributed by atoms with E-state index >= 15 is 0 Å². The molecule has 138 valence electrons. The Bertz CT molecular complexity index is 996. The Kier molecular flexibility index (Phi) is 4.97. The minimum absolute atomic E-state index is 0.135. The fourth-order valence-corrected chi connectivity index (χ4v) is 3.56. The quantitative estimate of drug-likeness (QED) is 0.724. The Labute approximate surface area is 163 Å². The Morgan fingerprint density at radius 1 is 1.22 bits per heavy atom. The largest absolute Gasteiger partial charge is 0.312 e. The number of hydrogen-bond acceptors (Lipinski definition) is 3. The molecule has 2 aromatic carbocycles. The van der Waals surface area contributed by atoms with Crippen molar-refractivity contribution in [3.63, 3.8) is 0 Å². The van der Waals surface area contributed by atoms with Crippen molar-refractivity contribution in [2.75, 3.05) is 11.9 Å². The van der Waals surface area contributed by atoms with E-state index in [0.29, 0.717) is 22.9 Å². The molecule has 0 saturated heterocycles. The molecule has 2 heterocycles. The highest BCUT2D eigenvalue weighted by Crippen LogP contribution is 2.18. The first-order valence-corrected chi connectivity index (χ1v) is 9.39. The Hall–Kier alpha value is -2.63. The molecule has 2 N–H and O–H groups in total. The fourth-order valence-electron chi connectivity index (χ4n) is 3.35. The molecule has 0 fully saturated rings. The van der Waals surface area contributed by atoms with Gasteiger partial charge in [0.2, 0.25) is 0 Å². The van der Waals surface area contributed by atoms with Crippen LogP contribution >= 0.6 is 11.6 Å². The van der Waals surface area contributed by atoms with E-state index in [1.165, 1.54) is 11.1 Å². The van der Waals surface area contributed by atoms with Gasteiger partial charge in [0.1, 0.15) is 0 Å². The number of hydrogen-bond donors (Lipinski definition) is 2. The van der Waals surface area contributed by atoms with E-state index in [0.717, 1.165) is 30.8 Å². The number of carbonyl (C=O) groups is 1. The second-order valence-electron chi connectivity index (χ2n) is 6.82. The zero-order chi connectivity index (χ0) is 18.8. The van der Waals surface area contributed by atoms with Gasteiger partial charge in [-0.15, -0.1) is 0 Å².